The quantitative estimate of drug-likeness (QED) is 0.128. The molecule has 15 heteroatoms. The number of amides is 1. The molecule has 0 spiro atoms. The van der Waals surface area contributed by atoms with Crippen LogP contribution in [0.4, 0.5) is 0 Å². The van der Waals surface area contributed by atoms with E-state index in [1.54, 1.807) is 0 Å². The van der Waals surface area contributed by atoms with Gasteiger partial charge in [-0.1, -0.05) is 31.3 Å². The molecule has 1 heterocycles. The molecule has 0 fully saturated rings. The number of carboxylic acid groups (broad SMARTS) is 1. The van der Waals surface area contributed by atoms with Crippen LogP contribution in [0.3, 0.4) is 0 Å². The smallest absolute Gasteiger partial charge is 0.324 e. The molecule has 2 unspecified atom stereocenters. The van der Waals surface area contributed by atoms with Gasteiger partial charge < -0.3 is 30.9 Å². The fourth-order valence-electron chi connectivity index (χ4n) is 2.74. The van der Waals surface area contributed by atoms with Crippen molar-refractivity contribution in [3.05, 3.63) is 11.7 Å². The van der Waals surface area contributed by atoms with Crippen LogP contribution in [0.2, 0.25) is 0 Å². The second kappa shape index (κ2) is 14.2. The zero-order chi connectivity index (χ0) is 25.0. The Bertz CT molecular complexity index is 847. The fraction of sp³-hybridized carbons (Fsp3) is 0.778. The van der Waals surface area contributed by atoms with E-state index >= 15 is 0 Å². The highest BCUT2D eigenvalue weighted by molar-refractivity contribution is 7.87. The summed E-state index contributed by atoms with van der Waals surface area (Å²) in [4.78, 5) is 27.4. The Morgan fingerprint density at radius 3 is 2.48 bits per heavy atom. The van der Waals surface area contributed by atoms with Gasteiger partial charge in [-0.15, -0.1) is 0 Å². The lowest BCUT2D eigenvalue weighted by atomic mass is 10.1. The van der Waals surface area contributed by atoms with Crippen molar-refractivity contribution in [3.63, 3.8) is 0 Å². The van der Waals surface area contributed by atoms with E-state index < -0.39 is 47.0 Å². The van der Waals surface area contributed by atoms with E-state index in [1.807, 2.05) is 4.72 Å². The zero-order valence-electron chi connectivity index (χ0n) is 18.7. The molecule has 0 bridgehead atoms. The number of aromatic nitrogens is 2. The van der Waals surface area contributed by atoms with E-state index in [4.69, 9.17) is 20.5 Å². The summed E-state index contributed by atoms with van der Waals surface area (Å²) in [5.41, 5.74) is 5.64. The minimum atomic E-state index is -4.49. The topological polar surface area (TPSA) is 230 Å². The number of hydrogen-bond donors (Lipinski definition) is 7. The lowest BCUT2D eigenvalue weighted by Crippen LogP contribution is -2.52. The summed E-state index contributed by atoms with van der Waals surface area (Å²) in [7, 11) is -4.49. The molecule has 1 amide bonds. The van der Waals surface area contributed by atoms with E-state index in [2.05, 4.69) is 27.1 Å². The average molecular weight is 495 g/mol. The maximum Gasteiger partial charge on any atom is 0.324 e. The van der Waals surface area contributed by atoms with Crippen LogP contribution < -0.4 is 20.5 Å². The SMILES string of the molecule is CCCCCCNC(=O)CC[C@@H](NS(=O)(=O)NC(C(=O)O)C(C)O)c1nc([C@@H](N)CO)no1. The molecule has 0 radical (unpaired) electrons. The molecule has 0 saturated carbocycles. The van der Waals surface area contributed by atoms with Gasteiger partial charge in [-0.2, -0.15) is 22.8 Å². The highest BCUT2D eigenvalue weighted by Gasteiger charge is 2.32. The normalized spacial score (nSPS) is 15.5. The number of carboxylic acids is 1. The van der Waals surface area contributed by atoms with Gasteiger partial charge in [-0.25, -0.2) is 0 Å². The third kappa shape index (κ3) is 10.5. The van der Waals surface area contributed by atoms with E-state index in [0.717, 1.165) is 32.6 Å². The van der Waals surface area contributed by atoms with Crippen molar-refractivity contribution in [2.24, 2.45) is 5.73 Å². The minimum absolute atomic E-state index is 0.0718. The highest BCUT2D eigenvalue weighted by atomic mass is 32.2. The van der Waals surface area contributed by atoms with Crippen LogP contribution in [0.25, 0.3) is 0 Å². The van der Waals surface area contributed by atoms with Gasteiger partial charge in [0.1, 0.15) is 12.1 Å². The molecule has 8 N–H and O–H groups in total. The lowest BCUT2D eigenvalue weighted by molar-refractivity contribution is -0.141. The van der Waals surface area contributed by atoms with Crippen LogP contribution in [-0.2, 0) is 19.8 Å². The Hall–Kier alpha value is -2.17. The van der Waals surface area contributed by atoms with Gasteiger partial charge in [0.25, 0.3) is 10.2 Å². The molecule has 1 aromatic heterocycles. The Morgan fingerprint density at radius 2 is 1.91 bits per heavy atom. The number of aliphatic carboxylic acids is 1. The van der Waals surface area contributed by atoms with E-state index in [1.165, 1.54) is 0 Å². The van der Waals surface area contributed by atoms with Crippen molar-refractivity contribution in [2.45, 2.75) is 76.6 Å². The Balaban J connectivity index is 2.91. The van der Waals surface area contributed by atoms with Crippen LogP contribution in [0.1, 0.15) is 76.2 Å². The minimum Gasteiger partial charge on any atom is -0.480 e. The second-order valence-corrected chi connectivity index (χ2v) is 9.06. The van der Waals surface area contributed by atoms with E-state index in [-0.39, 0.29) is 30.5 Å². The van der Waals surface area contributed by atoms with Crippen LogP contribution in [0, 0.1) is 0 Å². The van der Waals surface area contributed by atoms with Gasteiger partial charge in [0, 0.05) is 13.0 Å². The molecule has 14 nitrogen and oxygen atoms in total. The Kier molecular flexibility index (Phi) is 12.4. The summed E-state index contributed by atoms with van der Waals surface area (Å²) in [6, 6.07) is -3.98. The molecular formula is C18H34N6O8S. The first kappa shape index (κ1) is 28.9. The standard InChI is InChI=1S/C18H34N6O8S/c1-3-4-5-6-9-20-14(27)8-7-13(17-21-16(22-32-17)12(19)10-25)23-33(30,31)24-15(11(2)26)18(28)29/h11-13,15,23-26H,3-10,19H2,1-2H3,(H,20,27)(H,28,29)/t11?,12-,13+,15?/m0/s1. The van der Waals surface area contributed by atoms with Crippen LogP contribution in [-0.4, -0.2) is 71.1 Å². The van der Waals surface area contributed by atoms with Gasteiger partial charge in [0.2, 0.25) is 11.8 Å². The van der Waals surface area contributed by atoms with E-state index in [9.17, 15) is 23.1 Å². The Labute approximate surface area is 192 Å². The first-order valence-electron chi connectivity index (χ1n) is 10.7. The molecule has 4 atom stereocenters. The maximum absolute atomic E-state index is 12.5. The fourth-order valence-corrected chi connectivity index (χ4v) is 4.03. The molecule has 0 aliphatic rings. The van der Waals surface area contributed by atoms with Gasteiger partial charge in [-0.05, 0) is 19.8 Å². The number of rotatable bonds is 17. The summed E-state index contributed by atoms with van der Waals surface area (Å²) in [5, 5.41) is 34.1. The molecular weight excluding hydrogens is 460 g/mol. The molecule has 190 valence electrons. The van der Waals surface area contributed by atoms with Crippen molar-refractivity contribution in [1.82, 2.24) is 24.9 Å². The van der Waals surface area contributed by atoms with Crippen LogP contribution in [0.5, 0.6) is 0 Å². The second-order valence-electron chi connectivity index (χ2n) is 7.58. The molecule has 1 rings (SSSR count). The number of unbranched alkanes of at least 4 members (excludes halogenated alkanes) is 3. The highest BCUT2D eigenvalue weighted by Crippen LogP contribution is 2.19. The number of nitrogens with one attached hydrogen (secondary N) is 3. The average Bonchev–Trinajstić information content (AvgIpc) is 3.24. The van der Waals surface area contributed by atoms with E-state index in [0.29, 0.717) is 6.54 Å². The number of nitrogens with two attached hydrogens (primary N) is 1. The number of aliphatic hydroxyl groups is 2. The molecule has 1 aromatic rings. The van der Waals surface area contributed by atoms with Gasteiger partial charge in [-0.3, -0.25) is 9.59 Å². The number of hydrogen-bond acceptors (Lipinski definition) is 10. The van der Waals surface area contributed by atoms with Crippen LogP contribution >= 0.6 is 0 Å². The van der Waals surface area contributed by atoms with Crippen molar-refractivity contribution in [2.75, 3.05) is 13.2 Å². The molecule has 0 aliphatic heterocycles. The number of nitrogens with zero attached hydrogens (tertiary/aromatic N) is 2. The summed E-state index contributed by atoms with van der Waals surface area (Å²) in [6.45, 7) is 3.20. The monoisotopic (exact) mass is 494 g/mol. The van der Waals surface area contributed by atoms with Crippen molar-refractivity contribution < 1.29 is 37.8 Å². The van der Waals surface area contributed by atoms with Crippen molar-refractivity contribution in [1.29, 1.82) is 0 Å². The predicted octanol–water partition coefficient (Wildman–Crippen LogP) is -1.16. The molecule has 33 heavy (non-hydrogen) atoms. The Morgan fingerprint density at radius 1 is 1.21 bits per heavy atom. The largest absolute Gasteiger partial charge is 0.480 e. The number of carbonyl (C=O) groups excluding carboxylic acids is 1. The zero-order valence-corrected chi connectivity index (χ0v) is 19.5. The maximum atomic E-state index is 12.5. The van der Waals surface area contributed by atoms with Gasteiger partial charge >= 0.3 is 5.97 Å². The molecule has 0 aliphatic carbocycles. The summed E-state index contributed by atoms with van der Waals surface area (Å²) in [6.07, 6.45) is 2.22. The summed E-state index contributed by atoms with van der Waals surface area (Å²) >= 11 is 0. The summed E-state index contributed by atoms with van der Waals surface area (Å²) < 4.78 is 34.0. The third-order valence-electron chi connectivity index (χ3n) is 4.62. The van der Waals surface area contributed by atoms with Gasteiger partial charge in [0.05, 0.1) is 18.8 Å². The third-order valence-corrected chi connectivity index (χ3v) is 5.78. The number of aliphatic hydroxyl groups excluding tert-OH is 2. The van der Waals surface area contributed by atoms with Crippen LogP contribution in [0.15, 0.2) is 4.52 Å². The van der Waals surface area contributed by atoms with Crippen molar-refractivity contribution in [3.8, 4) is 0 Å². The van der Waals surface area contributed by atoms with Gasteiger partial charge in [0.15, 0.2) is 5.82 Å². The molecule has 0 saturated heterocycles. The first-order chi connectivity index (χ1) is 15.5. The first-order valence-corrected chi connectivity index (χ1v) is 12.2. The molecule has 0 aromatic carbocycles. The lowest BCUT2D eigenvalue weighted by Gasteiger charge is -2.20. The van der Waals surface area contributed by atoms with Crippen molar-refractivity contribution >= 4 is 22.1 Å². The number of carbonyl (C=O) groups is 2. The predicted molar refractivity (Wildman–Crippen MR) is 116 cm³/mol. The summed E-state index contributed by atoms with van der Waals surface area (Å²) in [5.74, 6) is -2.19.